The maximum Gasteiger partial charge on any atom is 0.194 e. The van der Waals surface area contributed by atoms with Crippen molar-refractivity contribution in [1.29, 1.82) is 0 Å². The molecule has 3 nitrogen and oxygen atoms in total. The van der Waals surface area contributed by atoms with Crippen molar-refractivity contribution < 1.29 is 4.79 Å². The number of fused-ring (bicyclic) bond motifs is 2. The monoisotopic (exact) mass is 186 g/mol. The van der Waals surface area contributed by atoms with Crippen LogP contribution in [0.4, 0.5) is 5.69 Å². The summed E-state index contributed by atoms with van der Waals surface area (Å²) in [6, 6.07) is 7.62. The highest BCUT2D eigenvalue weighted by atomic mass is 16.1. The van der Waals surface area contributed by atoms with Gasteiger partial charge < -0.3 is 5.32 Å². The number of rotatable bonds is 0. The molecule has 3 heteroatoms. The number of Topliss-reactive ketones (excluding diaryl/α,β-unsaturated/α-hetero) is 1. The van der Waals surface area contributed by atoms with E-state index in [2.05, 4.69) is 10.6 Å². The van der Waals surface area contributed by atoms with Gasteiger partial charge in [0.25, 0.3) is 0 Å². The van der Waals surface area contributed by atoms with E-state index in [4.69, 9.17) is 0 Å². The van der Waals surface area contributed by atoms with Gasteiger partial charge in [-0.3, -0.25) is 10.1 Å². The number of carbonyl (C=O) groups is 1. The summed E-state index contributed by atoms with van der Waals surface area (Å²) in [6.45, 7) is 0.771. The molecule has 70 valence electrons. The van der Waals surface area contributed by atoms with Crippen LogP contribution in [0, 0.1) is 0 Å². The fraction of sp³-hybridized carbons (Fsp3) is 0.182. The quantitative estimate of drug-likeness (QED) is 0.638. The van der Waals surface area contributed by atoms with Gasteiger partial charge >= 0.3 is 0 Å². The first-order valence-electron chi connectivity index (χ1n) is 4.70. The van der Waals surface area contributed by atoms with E-state index in [9.17, 15) is 4.79 Å². The van der Waals surface area contributed by atoms with Crippen LogP contribution in [0.25, 0.3) is 0 Å². The fourth-order valence-corrected chi connectivity index (χ4v) is 1.99. The van der Waals surface area contributed by atoms with Gasteiger partial charge in [-0.1, -0.05) is 18.2 Å². The number of ketones is 1. The third-order valence-corrected chi connectivity index (χ3v) is 2.69. The van der Waals surface area contributed by atoms with Crippen LogP contribution in [0.5, 0.6) is 0 Å². The molecule has 1 aromatic rings. The molecular weight excluding hydrogens is 176 g/mol. The first-order chi connectivity index (χ1) is 6.86. The molecule has 2 aliphatic rings. The molecule has 1 aromatic carbocycles. The Morgan fingerprint density at radius 3 is 3.07 bits per heavy atom. The highest BCUT2D eigenvalue weighted by molar-refractivity contribution is 6.15. The molecule has 0 amide bonds. The van der Waals surface area contributed by atoms with Crippen molar-refractivity contribution >= 4 is 11.5 Å². The molecule has 1 unspecified atom stereocenters. The van der Waals surface area contributed by atoms with Crippen molar-refractivity contribution in [2.75, 3.05) is 11.9 Å². The Bertz CT molecular complexity index is 437. The number of nitrogens with one attached hydrogen (secondary N) is 2. The summed E-state index contributed by atoms with van der Waals surface area (Å²) in [4.78, 5) is 11.9. The number of benzene rings is 1. The Balaban J connectivity index is 2.16. The summed E-state index contributed by atoms with van der Waals surface area (Å²) in [5.74, 6) is 0.148. The van der Waals surface area contributed by atoms with Crippen molar-refractivity contribution in [2.45, 2.75) is 6.17 Å². The average Bonchev–Trinajstić information content (AvgIpc) is 2.66. The number of hydrogen-bond donors (Lipinski definition) is 2. The highest BCUT2D eigenvalue weighted by Crippen LogP contribution is 2.28. The zero-order valence-electron chi connectivity index (χ0n) is 7.58. The van der Waals surface area contributed by atoms with Gasteiger partial charge in [-0.2, -0.15) is 0 Å². The summed E-state index contributed by atoms with van der Waals surface area (Å²) >= 11 is 0. The average molecular weight is 186 g/mol. The molecular formula is C11H10N2O. The molecule has 1 atom stereocenters. The molecule has 0 aliphatic carbocycles. The van der Waals surface area contributed by atoms with Crippen molar-refractivity contribution in [3.05, 3.63) is 41.5 Å². The molecule has 0 spiro atoms. The summed E-state index contributed by atoms with van der Waals surface area (Å²) in [5, 5.41) is 6.49. The third kappa shape index (κ3) is 0.930. The Labute approximate surface area is 81.8 Å². The second-order valence-electron chi connectivity index (χ2n) is 3.52. The second kappa shape index (κ2) is 2.69. The molecule has 2 aliphatic heterocycles. The van der Waals surface area contributed by atoms with Gasteiger partial charge in [0.2, 0.25) is 0 Å². The Morgan fingerprint density at radius 2 is 2.14 bits per heavy atom. The summed E-state index contributed by atoms with van der Waals surface area (Å²) in [7, 11) is 0. The van der Waals surface area contributed by atoms with Crippen LogP contribution in [0.15, 0.2) is 35.9 Å². The van der Waals surface area contributed by atoms with Crippen LogP contribution in [-0.4, -0.2) is 18.5 Å². The van der Waals surface area contributed by atoms with Crippen LogP contribution >= 0.6 is 0 Å². The molecule has 0 radical (unpaired) electrons. The SMILES string of the molecule is O=C1C2=CCNC2Nc2ccccc21. The minimum atomic E-state index is 0.0115. The van der Waals surface area contributed by atoms with Crippen molar-refractivity contribution in [3.8, 4) is 0 Å². The lowest BCUT2D eigenvalue weighted by Crippen LogP contribution is -2.39. The summed E-state index contributed by atoms with van der Waals surface area (Å²) in [6.07, 6.45) is 1.97. The minimum absolute atomic E-state index is 0.0115. The third-order valence-electron chi connectivity index (χ3n) is 2.69. The lowest BCUT2D eigenvalue weighted by Gasteiger charge is -2.25. The topological polar surface area (TPSA) is 41.1 Å². The van der Waals surface area contributed by atoms with Crippen LogP contribution < -0.4 is 10.6 Å². The van der Waals surface area contributed by atoms with Gasteiger partial charge in [0, 0.05) is 23.4 Å². The molecule has 3 rings (SSSR count). The molecule has 0 fully saturated rings. The van der Waals surface area contributed by atoms with Crippen LogP contribution in [0.2, 0.25) is 0 Å². The number of hydrogen-bond acceptors (Lipinski definition) is 3. The van der Waals surface area contributed by atoms with Gasteiger partial charge in [0.15, 0.2) is 5.78 Å². The van der Waals surface area contributed by atoms with E-state index in [-0.39, 0.29) is 11.9 Å². The normalized spacial score (nSPS) is 23.6. The summed E-state index contributed by atoms with van der Waals surface area (Å²) in [5.41, 5.74) is 2.55. The van der Waals surface area contributed by atoms with E-state index < -0.39 is 0 Å². The molecule has 2 heterocycles. The van der Waals surface area contributed by atoms with Gasteiger partial charge in [0.1, 0.15) is 6.17 Å². The smallest absolute Gasteiger partial charge is 0.194 e. The van der Waals surface area contributed by atoms with Crippen molar-refractivity contribution in [3.63, 3.8) is 0 Å². The van der Waals surface area contributed by atoms with Gasteiger partial charge in [-0.05, 0) is 12.1 Å². The molecule has 14 heavy (non-hydrogen) atoms. The van der Waals surface area contributed by atoms with E-state index in [0.717, 1.165) is 23.4 Å². The van der Waals surface area contributed by atoms with Gasteiger partial charge in [-0.25, -0.2) is 0 Å². The highest BCUT2D eigenvalue weighted by Gasteiger charge is 2.31. The van der Waals surface area contributed by atoms with Crippen LogP contribution in [0.3, 0.4) is 0 Å². The van der Waals surface area contributed by atoms with E-state index in [1.165, 1.54) is 0 Å². The van der Waals surface area contributed by atoms with E-state index in [1.54, 1.807) is 0 Å². The van der Waals surface area contributed by atoms with Crippen LogP contribution in [-0.2, 0) is 0 Å². The number of anilines is 1. The maximum atomic E-state index is 11.9. The summed E-state index contributed by atoms with van der Waals surface area (Å²) < 4.78 is 0. The molecule has 0 saturated heterocycles. The van der Waals surface area contributed by atoms with Crippen LogP contribution in [0.1, 0.15) is 10.4 Å². The Hall–Kier alpha value is -1.61. The lowest BCUT2D eigenvalue weighted by molar-refractivity contribution is 0.102. The standard InChI is InChI=1S/C11H10N2O/c14-10-7-3-1-2-4-9(7)13-11-8(10)5-6-12-11/h1-5,11-13H,6H2. The molecule has 0 aromatic heterocycles. The Kier molecular flexibility index (Phi) is 1.49. The first-order valence-corrected chi connectivity index (χ1v) is 4.70. The maximum absolute atomic E-state index is 11.9. The molecule has 0 bridgehead atoms. The fourth-order valence-electron chi connectivity index (χ4n) is 1.99. The molecule has 0 saturated carbocycles. The first kappa shape index (κ1) is 7.76. The molecule has 2 N–H and O–H groups in total. The zero-order valence-corrected chi connectivity index (χ0v) is 7.58. The predicted molar refractivity (Wildman–Crippen MR) is 54.3 cm³/mol. The van der Waals surface area contributed by atoms with E-state index in [1.807, 2.05) is 30.3 Å². The second-order valence-corrected chi connectivity index (χ2v) is 3.52. The lowest BCUT2D eigenvalue weighted by atomic mass is 9.96. The predicted octanol–water partition coefficient (Wildman–Crippen LogP) is 1.15. The number of para-hydroxylation sites is 1. The van der Waals surface area contributed by atoms with Crippen molar-refractivity contribution in [1.82, 2.24) is 5.32 Å². The van der Waals surface area contributed by atoms with Gasteiger partial charge in [-0.15, -0.1) is 0 Å². The van der Waals surface area contributed by atoms with Gasteiger partial charge in [0.05, 0.1) is 0 Å². The van der Waals surface area contributed by atoms with E-state index in [0.29, 0.717) is 0 Å². The zero-order chi connectivity index (χ0) is 9.54. The Morgan fingerprint density at radius 1 is 1.29 bits per heavy atom. The van der Waals surface area contributed by atoms with Crippen molar-refractivity contribution in [2.24, 2.45) is 0 Å². The van der Waals surface area contributed by atoms with E-state index >= 15 is 0 Å². The largest absolute Gasteiger partial charge is 0.365 e. The number of carbonyl (C=O) groups excluding carboxylic acids is 1. The minimum Gasteiger partial charge on any atom is -0.365 e.